The van der Waals surface area contributed by atoms with Crippen molar-refractivity contribution in [3.8, 4) is 0 Å². The van der Waals surface area contributed by atoms with Crippen LogP contribution in [0.1, 0.15) is 13.3 Å². The fraction of sp³-hybridized carbons (Fsp3) is 1.00. The molecule has 0 atom stereocenters. The third-order valence-corrected chi connectivity index (χ3v) is 0.743. The summed E-state index contributed by atoms with van der Waals surface area (Å²) in [7, 11) is 3.13. The van der Waals surface area contributed by atoms with Crippen LogP contribution in [0.3, 0.4) is 0 Å². The Morgan fingerprint density at radius 2 is 2.00 bits per heavy atom. The van der Waals surface area contributed by atoms with Crippen molar-refractivity contribution in [3.63, 3.8) is 0 Å². The Morgan fingerprint density at radius 3 is 2.12 bits per heavy atom. The fourth-order valence-electron chi connectivity index (χ4n) is 0.381. The summed E-state index contributed by atoms with van der Waals surface area (Å²) < 4.78 is -0.395. The zero-order chi connectivity index (χ0) is 6.62. The zero-order valence-corrected chi connectivity index (χ0v) is 5.77. The third-order valence-electron chi connectivity index (χ3n) is 0.743. The van der Waals surface area contributed by atoms with Gasteiger partial charge in [0, 0.05) is 6.54 Å². The van der Waals surface area contributed by atoms with Gasteiger partial charge in [0.15, 0.2) is 0 Å². The highest BCUT2D eigenvalue weighted by molar-refractivity contribution is 4.27. The molecule has 3 nitrogen and oxygen atoms in total. The molecule has 0 bridgehead atoms. The van der Waals surface area contributed by atoms with Crippen LogP contribution in [0.4, 0.5) is 0 Å². The van der Waals surface area contributed by atoms with Crippen molar-refractivity contribution in [2.75, 3.05) is 20.6 Å². The van der Waals surface area contributed by atoms with Gasteiger partial charge >= 0.3 is 0 Å². The topological polar surface area (TPSA) is 35.1 Å². The summed E-state index contributed by atoms with van der Waals surface area (Å²) in [5, 5.41) is 10.7. The van der Waals surface area contributed by atoms with Crippen molar-refractivity contribution in [1.29, 1.82) is 0 Å². The number of hydrogen-bond acceptors (Lipinski definition) is 2. The second kappa shape index (κ2) is 3.02. The smallest absolute Gasteiger partial charge is 0.0853 e. The van der Waals surface area contributed by atoms with E-state index >= 15 is 0 Å². The quantitative estimate of drug-likeness (QED) is 0.432. The minimum Gasteiger partial charge on any atom is -0.612 e. The zero-order valence-electron chi connectivity index (χ0n) is 5.77. The minimum absolute atomic E-state index is 0.395. The molecule has 0 rings (SSSR count). The normalized spacial score (nSPS) is 12.0. The van der Waals surface area contributed by atoms with Crippen LogP contribution in [-0.2, 0) is 0 Å². The molecule has 0 amide bonds. The molecule has 0 spiro atoms. The first-order valence-electron chi connectivity index (χ1n) is 2.86. The van der Waals surface area contributed by atoms with Gasteiger partial charge in [-0.15, -0.1) is 0 Å². The van der Waals surface area contributed by atoms with E-state index in [1.165, 1.54) is 0 Å². The van der Waals surface area contributed by atoms with Gasteiger partial charge in [-0.3, -0.25) is 4.76 Å². The first-order valence-corrected chi connectivity index (χ1v) is 2.86. The molecule has 0 aromatic heterocycles. The van der Waals surface area contributed by atoms with Gasteiger partial charge in [0.25, 0.3) is 0 Å². The molecular weight excluding hydrogens is 104 g/mol. The molecule has 0 aliphatic carbocycles. The highest BCUT2D eigenvalue weighted by Crippen LogP contribution is 1.83. The maximum Gasteiger partial charge on any atom is 0.0853 e. The van der Waals surface area contributed by atoms with E-state index in [1.54, 1.807) is 14.1 Å². The standard InChI is InChI=1S/C5H14N2O/c1-4-5-6-7(2,3)8/h6H,4-5H2,1-3H3. The first kappa shape index (κ1) is 7.88. The number of nitrogens with zero attached hydrogens (tertiary/aromatic N) is 1. The largest absolute Gasteiger partial charge is 0.612 e. The van der Waals surface area contributed by atoms with Crippen LogP contribution >= 0.6 is 0 Å². The van der Waals surface area contributed by atoms with Crippen LogP contribution in [-0.4, -0.2) is 25.4 Å². The summed E-state index contributed by atoms with van der Waals surface area (Å²) in [6.45, 7) is 2.82. The molecule has 0 unspecified atom stereocenters. The van der Waals surface area contributed by atoms with E-state index in [4.69, 9.17) is 0 Å². The van der Waals surface area contributed by atoms with Crippen LogP contribution < -0.4 is 5.43 Å². The van der Waals surface area contributed by atoms with Crippen molar-refractivity contribution < 1.29 is 4.76 Å². The number of hydroxylamine groups is 2. The SMILES string of the molecule is CCCN[N+](C)(C)[O-]. The van der Waals surface area contributed by atoms with Crippen LogP contribution in [0.25, 0.3) is 0 Å². The molecular formula is C5H14N2O. The Labute approximate surface area is 50.4 Å². The average Bonchev–Trinajstić information content (AvgIpc) is 1.59. The van der Waals surface area contributed by atoms with Crippen molar-refractivity contribution in [2.24, 2.45) is 0 Å². The molecule has 0 fully saturated rings. The first-order chi connectivity index (χ1) is 3.56. The predicted octanol–water partition coefficient (Wildman–Crippen LogP) is 0.475. The Morgan fingerprint density at radius 1 is 1.50 bits per heavy atom. The lowest BCUT2D eigenvalue weighted by Crippen LogP contribution is -2.46. The van der Waals surface area contributed by atoms with Gasteiger partial charge in [-0.05, 0) is 6.42 Å². The van der Waals surface area contributed by atoms with Crippen LogP contribution in [0, 0.1) is 5.21 Å². The lowest BCUT2D eigenvalue weighted by Gasteiger charge is -2.32. The van der Waals surface area contributed by atoms with Gasteiger partial charge in [0.2, 0.25) is 0 Å². The minimum atomic E-state index is -0.395. The Kier molecular flexibility index (Phi) is 2.97. The van der Waals surface area contributed by atoms with Gasteiger partial charge in [0.05, 0.1) is 14.1 Å². The summed E-state index contributed by atoms with van der Waals surface area (Å²) in [4.78, 5) is 0. The Balaban J connectivity index is 3.11. The predicted molar refractivity (Wildman–Crippen MR) is 33.8 cm³/mol. The number of nitrogens with one attached hydrogen (secondary N) is 1. The maximum absolute atomic E-state index is 10.7. The van der Waals surface area contributed by atoms with Crippen molar-refractivity contribution in [2.45, 2.75) is 13.3 Å². The lowest BCUT2D eigenvalue weighted by atomic mass is 10.5. The molecule has 0 saturated carbocycles. The van der Waals surface area contributed by atoms with E-state index in [0.29, 0.717) is 0 Å². The van der Waals surface area contributed by atoms with Gasteiger partial charge in [-0.1, -0.05) is 6.92 Å². The van der Waals surface area contributed by atoms with Crippen LogP contribution in [0.2, 0.25) is 0 Å². The van der Waals surface area contributed by atoms with Crippen molar-refractivity contribution >= 4 is 0 Å². The molecule has 0 aromatic rings. The van der Waals surface area contributed by atoms with E-state index in [2.05, 4.69) is 5.43 Å². The summed E-state index contributed by atoms with van der Waals surface area (Å²) in [5.41, 5.74) is 2.75. The molecule has 8 heavy (non-hydrogen) atoms. The van der Waals surface area contributed by atoms with Crippen molar-refractivity contribution in [1.82, 2.24) is 5.43 Å². The highest BCUT2D eigenvalue weighted by atomic mass is 16.6. The molecule has 50 valence electrons. The van der Waals surface area contributed by atoms with E-state index in [-0.39, 0.29) is 0 Å². The number of hydrogen-bond donors (Lipinski definition) is 1. The summed E-state index contributed by atoms with van der Waals surface area (Å²) in [6.07, 6.45) is 1.00. The summed E-state index contributed by atoms with van der Waals surface area (Å²) in [5.74, 6) is 0. The van der Waals surface area contributed by atoms with Gasteiger partial charge in [0.1, 0.15) is 0 Å². The molecule has 0 saturated heterocycles. The van der Waals surface area contributed by atoms with Crippen molar-refractivity contribution in [3.05, 3.63) is 5.21 Å². The van der Waals surface area contributed by atoms with E-state index in [1.807, 2.05) is 6.92 Å². The molecule has 0 aliphatic heterocycles. The molecule has 3 heteroatoms. The summed E-state index contributed by atoms with van der Waals surface area (Å²) in [6, 6.07) is 0. The Bertz CT molecular complexity index is 57.9. The summed E-state index contributed by atoms with van der Waals surface area (Å²) >= 11 is 0. The molecule has 0 aliphatic rings. The molecule has 0 aromatic carbocycles. The highest BCUT2D eigenvalue weighted by Gasteiger charge is 1.95. The van der Waals surface area contributed by atoms with E-state index < -0.39 is 4.76 Å². The second-order valence-corrected chi connectivity index (χ2v) is 2.26. The molecule has 0 heterocycles. The maximum atomic E-state index is 10.7. The number of rotatable bonds is 3. The second-order valence-electron chi connectivity index (χ2n) is 2.26. The van der Waals surface area contributed by atoms with Crippen LogP contribution in [0.5, 0.6) is 0 Å². The van der Waals surface area contributed by atoms with E-state index in [0.717, 1.165) is 13.0 Å². The third kappa shape index (κ3) is 5.88. The monoisotopic (exact) mass is 118 g/mol. The van der Waals surface area contributed by atoms with Crippen LogP contribution in [0.15, 0.2) is 0 Å². The fourth-order valence-corrected chi connectivity index (χ4v) is 0.381. The van der Waals surface area contributed by atoms with Gasteiger partial charge < -0.3 is 5.21 Å². The number of quaternary nitrogens is 1. The van der Waals surface area contributed by atoms with E-state index in [9.17, 15) is 5.21 Å². The molecule has 0 radical (unpaired) electrons. The lowest BCUT2D eigenvalue weighted by molar-refractivity contribution is -0.886. The van der Waals surface area contributed by atoms with Gasteiger partial charge in [-0.25, -0.2) is 0 Å². The molecule has 1 N–H and O–H groups in total. The Hall–Kier alpha value is -0.120. The van der Waals surface area contributed by atoms with Gasteiger partial charge in [-0.2, -0.15) is 5.43 Å². The average molecular weight is 118 g/mol.